The maximum Gasteiger partial charge on any atom is -0.0152 e. The molecule has 0 aliphatic carbocycles. The Hall–Kier alpha value is -0.260. The minimum atomic E-state index is 0.810. The highest BCUT2D eigenvalue weighted by atomic mass is 14.3. The first kappa shape index (κ1) is 14.7. The lowest BCUT2D eigenvalue weighted by Gasteiger charge is -2.31. The topological polar surface area (TPSA) is 0 Å². The van der Waals surface area contributed by atoms with Crippen LogP contribution >= 0.6 is 0 Å². The van der Waals surface area contributed by atoms with Crippen LogP contribution in [0.5, 0.6) is 0 Å². The molecule has 0 amide bonds. The number of rotatable bonds is 7. The maximum atomic E-state index is 2.43. The monoisotopic (exact) mass is 210 g/mol. The molecule has 0 aliphatic rings. The van der Waals surface area contributed by atoms with Crippen molar-refractivity contribution in [2.45, 2.75) is 67.2 Å². The van der Waals surface area contributed by atoms with Crippen LogP contribution in [0.15, 0.2) is 11.6 Å². The van der Waals surface area contributed by atoms with E-state index >= 15 is 0 Å². The highest BCUT2D eigenvalue weighted by Crippen LogP contribution is 2.34. The Morgan fingerprint density at radius 2 is 1.53 bits per heavy atom. The highest BCUT2D eigenvalue weighted by molar-refractivity contribution is 5.06. The third-order valence-electron chi connectivity index (χ3n) is 3.87. The molecule has 0 bridgehead atoms. The van der Waals surface area contributed by atoms with Crippen LogP contribution in [0.1, 0.15) is 67.2 Å². The molecule has 0 nitrogen and oxygen atoms in total. The Bertz CT molecular complexity index is 174. The van der Waals surface area contributed by atoms with E-state index in [2.05, 4.69) is 47.6 Å². The summed E-state index contributed by atoms with van der Waals surface area (Å²) < 4.78 is 0. The Labute approximate surface area is 97.2 Å². The van der Waals surface area contributed by atoms with Gasteiger partial charge in [0.2, 0.25) is 0 Å². The molecule has 0 saturated heterocycles. The summed E-state index contributed by atoms with van der Waals surface area (Å²) in [5.74, 6) is 2.52. The molecule has 0 aromatic carbocycles. The van der Waals surface area contributed by atoms with Gasteiger partial charge in [-0.1, -0.05) is 65.5 Å². The van der Waals surface area contributed by atoms with Crippen molar-refractivity contribution >= 4 is 0 Å². The summed E-state index contributed by atoms with van der Waals surface area (Å²) >= 11 is 0. The van der Waals surface area contributed by atoms with Crippen LogP contribution in [-0.4, -0.2) is 0 Å². The van der Waals surface area contributed by atoms with Crippen molar-refractivity contribution in [3.05, 3.63) is 11.6 Å². The Morgan fingerprint density at radius 3 is 1.87 bits per heavy atom. The lowest BCUT2D eigenvalue weighted by molar-refractivity contribution is 0.260. The van der Waals surface area contributed by atoms with Crippen molar-refractivity contribution in [2.75, 3.05) is 0 Å². The summed E-state index contributed by atoms with van der Waals surface area (Å²) in [7, 11) is 0. The molecule has 0 aromatic rings. The molecular formula is C15H30. The van der Waals surface area contributed by atoms with E-state index in [1.165, 1.54) is 25.7 Å². The van der Waals surface area contributed by atoms with Gasteiger partial charge in [-0.2, -0.15) is 0 Å². The van der Waals surface area contributed by atoms with Crippen molar-refractivity contribution in [3.63, 3.8) is 0 Å². The largest absolute Gasteiger partial charge is 0.0856 e. The first-order chi connectivity index (χ1) is 7.12. The molecule has 0 fully saturated rings. The average molecular weight is 210 g/mol. The highest BCUT2D eigenvalue weighted by Gasteiger charge is 2.24. The SMILES string of the molecule is CCC=C(C)C(C(C)CC)C(CC)CC. The van der Waals surface area contributed by atoms with Crippen LogP contribution in [0.3, 0.4) is 0 Å². The first-order valence-electron chi connectivity index (χ1n) is 6.78. The summed E-state index contributed by atoms with van der Waals surface area (Å²) in [5.41, 5.74) is 1.63. The second-order valence-corrected chi connectivity index (χ2v) is 4.84. The summed E-state index contributed by atoms with van der Waals surface area (Å²) in [6.45, 7) is 14.0. The quantitative estimate of drug-likeness (QED) is 0.491. The van der Waals surface area contributed by atoms with E-state index in [9.17, 15) is 0 Å². The van der Waals surface area contributed by atoms with Crippen LogP contribution in [0.4, 0.5) is 0 Å². The standard InChI is InChI=1S/C15H30/c1-7-11-13(6)15(12(5)8-2)14(9-3)10-4/h11-12,14-15H,7-10H2,1-6H3. The summed E-state index contributed by atoms with van der Waals surface area (Å²) in [6.07, 6.45) is 7.55. The van der Waals surface area contributed by atoms with Gasteiger partial charge in [-0.25, -0.2) is 0 Å². The zero-order chi connectivity index (χ0) is 11.8. The number of hydrogen-bond donors (Lipinski definition) is 0. The Morgan fingerprint density at radius 1 is 1.00 bits per heavy atom. The number of allylic oxidation sites excluding steroid dienone is 2. The molecule has 0 saturated carbocycles. The summed E-state index contributed by atoms with van der Waals surface area (Å²) in [6, 6.07) is 0. The molecule has 0 N–H and O–H groups in total. The normalized spacial score (nSPS) is 16.9. The smallest absolute Gasteiger partial charge is 0.0152 e. The average Bonchev–Trinajstić information content (AvgIpc) is 2.24. The fraction of sp³-hybridized carbons (Fsp3) is 0.867. The summed E-state index contributed by atoms with van der Waals surface area (Å²) in [5, 5.41) is 0. The third-order valence-corrected chi connectivity index (χ3v) is 3.87. The van der Waals surface area contributed by atoms with Gasteiger partial charge in [0.15, 0.2) is 0 Å². The Balaban J connectivity index is 4.77. The number of hydrogen-bond acceptors (Lipinski definition) is 0. The van der Waals surface area contributed by atoms with E-state index in [1.54, 1.807) is 5.57 Å². The zero-order valence-electron chi connectivity index (χ0n) is 11.6. The second-order valence-electron chi connectivity index (χ2n) is 4.84. The predicted octanol–water partition coefficient (Wildman–Crippen LogP) is 5.44. The molecule has 0 spiro atoms. The van der Waals surface area contributed by atoms with Crippen LogP contribution in [0.2, 0.25) is 0 Å². The van der Waals surface area contributed by atoms with Crippen molar-refractivity contribution in [3.8, 4) is 0 Å². The van der Waals surface area contributed by atoms with Gasteiger partial charge in [0, 0.05) is 0 Å². The van der Waals surface area contributed by atoms with Crippen LogP contribution in [-0.2, 0) is 0 Å². The van der Waals surface area contributed by atoms with Gasteiger partial charge in [0.25, 0.3) is 0 Å². The predicted molar refractivity (Wildman–Crippen MR) is 71.1 cm³/mol. The van der Waals surface area contributed by atoms with Crippen LogP contribution < -0.4 is 0 Å². The molecular weight excluding hydrogens is 180 g/mol. The fourth-order valence-corrected chi connectivity index (χ4v) is 2.79. The Kier molecular flexibility index (Phi) is 7.82. The molecule has 0 rings (SSSR count). The zero-order valence-corrected chi connectivity index (χ0v) is 11.6. The van der Waals surface area contributed by atoms with Gasteiger partial charge < -0.3 is 0 Å². The maximum absolute atomic E-state index is 2.43. The van der Waals surface area contributed by atoms with Crippen LogP contribution in [0, 0.1) is 17.8 Å². The summed E-state index contributed by atoms with van der Waals surface area (Å²) in [4.78, 5) is 0. The minimum absolute atomic E-state index is 0.810. The van der Waals surface area contributed by atoms with Gasteiger partial charge in [0.1, 0.15) is 0 Å². The van der Waals surface area contributed by atoms with E-state index in [1.807, 2.05) is 0 Å². The van der Waals surface area contributed by atoms with Gasteiger partial charge in [0.05, 0.1) is 0 Å². The van der Waals surface area contributed by atoms with Gasteiger partial charge >= 0.3 is 0 Å². The molecule has 2 atom stereocenters. The fourth-order valence-electron chi connectivity index (χ4n) is 2.79. The van der Waals surface area contributed by atoms with Crippen molar-refractivity contribution in [1.82, 2.24) is 0 Å². The molecule has 0 aromatic heterocycles. The molecule has 0 aliphatic heterocycles. The van der Waals surface area contributed by atoms with Crippen LogP contribution in [0.25, 0.3) is 0 Å². The minimum Gasteiger partial charge on any atom is -0.0856 e. The molecule has 0 heterocycles. The second kappa shape index (κ2) is 7.96. The first-order valence-corrected chi connectivity index (χ1v) is 6.78. The van der Waals surface area contributed by atoms with E-state index in [-0.39, 0.29) is 0 Å². The van der Waals surface area contributed by atoms with Gasteiger partial charge in [-0.05, 0) is 31.1 Å². The van der Waals surface area contributed by atoms with Crippen molar-refractivity contribution in [2.24, 2.45) is 17.8 Å². The van der Waals surface area contributed by atoms with Gasteiger partial charge in [-0.3, -0.25) is 0 Å². The van der Waals surface area contributed by atoms with E-state index in [0.717, 1.165) is 17.8 Å². The van der Waals surface area contributed by atoms with Crippen molar-refractivity contribution < 1.29 is 0 Å². The van der Waals surface area contributed by atoms with E-state index in [0.29, 0.717) is 0 Å². The van der Waals surface area contributed by atoms with Crippen molar-refractivity contribution in [1.29, 1.82) is 0 Å². The van der Waals surface area contributed by atoms with Gasteiger partial charge in [-0.15, -0.1) is 0 Å². The lowest BCUT2D eigenvalue weighted by Crippen LogP contribution is -2.22. The molecule has 15 heavy (non-hydrogen) atoms. The van der Waals surface area contributed by atoms with E-state index < -0.39 is 0 Å². The molecule has 0 radical (unpaired) electrons. The third kappa shape index (κ3) is 4.40. The lowest BCUT2D eigenvalue weighted by atomic mass is 9.74. The molecule has 90 valence electrons. The van der Waals surface area contributed by atoms with E-state index in [4.69, 9.17) is 0 Å². The molecule has 2 unspecified atom stereocenters. The molecule has 0 heteroatoms.